The molecule has 10 rings (SSSR count). The Kier molecular flexibility index (Phi) is 7.85. The first kappa shape index (κ1) is 31.6. The predicted molar refractivity (Wildman–Crippen MR) is 229 cm³/mol. The fourth-order valence-electron chi connectivity index (χ4n) is 8.10. The van der Waals surface area contributed by atoms with Crippen LogP contribution in [0.25, 0.3) is 71.6 Å². The van der Waals surface area contributed by atoms with E-state index in [0.29, 0.717) is 0 Å². The standard InChI is InChI=1S/C52H36N2/c1-5-17-37(18-6-1)41-33-42(38-19-7-2-8-20-38)35-46(34-41)53(43-24-11-4-12-25-43)44-26-16-27-45(36-44)54-49-30-14-13-28-48(49)52-50(54)32-31-40-23-15-29-47(51(40)52)39-21-9-3-10-22-39/h1-36H. The van der Waals surface area contributed by atoms with Crippen molar-refractivity contribution < 1.29 is 0 Å². The summed E-state index contributed by atoms with van der Waals surface area (Å²) in [7, 11) is 0. The number of fused-ring (bicyclic) bond motifs is 5. The number of anilines is 3. The molecule has 0 radical (unpaired) electrons. The van der Waals surface area contributed by atoms with Crippen LogP contribution in [-0.2, 0) is 0 Å². The van der Waals surface area contributed by atoms with Crippen molar-refractivity contribution in [3.63, 3.8) is 0 Å². The van der Waals surface area contributed by atoms with Crippen molar-refractivity contribution in [1.29, 1.82) is 0 Å². The molecule has 1 aromatic heterocycles. The molecule has 0 aliphatic heterocycles. The minimum atomic E-state index is 1.08. The van der Waals surface area contributed by atoms with Gasteiger partial charge in [0.05, 0.1) is 11.0 Å². The maximum absolute atomic E-state index is 2.44. The van der Waals surface area contributed by atoms with E-state index in [1.165, 1.54) is 66.0 Å². The lowest BCUT2D eigenvalue weighted by atomic mass is 9.94. The molecule has 2 heteroatoms. The lowest BCUT2D eigenvalue weighted by Gasteiger charge is -2.27. The first-order valence-electron chi connectivity index (χ1n) is 18.5. The summed E-state index contributed by atoms with van der Waals surface area (Å²) in [5.41, 5.74) is 13.9. The topological polar surface area (TPSA) is 8.17 Å². The molecule has 10 aromatic rings. The molecule has 0 atom stereocenters. The predicted octanol–water partition coefficient (Wildman–Crippen LogP) is 14.4. The van der Waals surface area contributed by atoms with E-state index in [0.717, 1.165) is 22.7 Å². The largest absolute Gasteiger partial charge is 0.310 e. The molecule has 0 saturated carbocycles. The Morgan fingerprint density at radius 2 is 0.889 bits per heavy atom. The van der Waals surface area contributed by atoms with Gasteiger partial charge in [-0.25, -0.2) is 0 Å². The Morgan fingerprint density at radius 3 is 1.57 bits per heavy atom. The summed E-state index contributed by atoms with van der Waals surface area (Å²) in [5.74, 6) is 0. The van der Waals surface area contributed by atoms with Gasteiger partial charge in [0.15, 0.2) is 0 Å². The van der Waals surface area contributed by atoms with Gasteiger partial charge in [-0.3, -0.25) is 0 Å². The van der Waals surface area contributed by atoms with Crippen molar-refractivity contribution in [3.8, 4) is 39.1 Å². The Labute approximate surface area is 315 Å². The first-order valence-corrected chi connectivity index (χ1v) is 18.5. The van der Waals surface area contributed by atoms with Crippen LogP contribution >= 0.6 is 0 Å². The van der Waals surface area contributed by atoms with Gasteiger partial charge in [0.2, 0.25) is 0 Å². The third-order valence-electron chi connectivity index (χ3n) is 10.5. The Morgan fingerprint density at radius 1 is 0.315 bits per heavy atom. The smallest absolute Gasteiger partial charge is 0.0547 e. The van der Waals surface area contributed by atoms with Crippen LogP contribution in [0.15, 0.2) is 218 Å². The van der Waals surface area contributed by atoms with Gasteiger partial charge in [0.1, 0.15) is 0 Å². The summed E-state index contributed by atoms with van der Waals surface area (Å²) in [6, 6.07) is 78.9. The summed E-state index contributed by atoms with van der Waals surface area (Å²) in [5, 5.41) is 5.04. The van der Waals surface area contributed by atoms with Gasteiger partial charge < -0.3 is 9.47 Å². The summed E-state index contributed by atoms with van der Waals surface area (Å²) >= 11 is 0. The summed E-state index contributed by atoms with van der Waals surface area (Å²) in [4.78, 5) is 2.39. The van der Waals surface area contributed by atoms with Crippen LogP contribution in [0, 0.1) is 0 Å². The lowest BCUT2D eigenvalue weighted by molar-refractivity contribution is 1.17. The Balaban J connectivity index is 1.21. The Bertz CT molecular complexity index is 2850. The molecule has 0 saturated heterocycles. The van der Waals surface area contributed by atoms with E-state index in [2.05, 4.69) is 228 Å². The van der Waals surface area contributed by atoms with Crippen molar-refractivity contribution in [2.45, 2.75) is 0 Å². The third-order valence-corrected chi connectivity index (χ3v) is 10.5. The van der Waals surface area contributed by atoms with Gasteiger partial charge in [0.25, 0.3) is 0 Å². The zero-order valence-electron chi connectivity index (χ0n) is 29.7. The van der Waals surface area contributed by atoms with Crippen LogP contribution in [0.4, 0.5) is 17.1 Å². The van der Waals surface area contributed by atoms with E-state index >= 15 is 0 Å². The number of nitrogens with zero attached hydrogens (tertiary/aromatic N) is 2. The molecule has 0 fully saturated rings. The van der Waals surface area contributed by atoms with Gasteiger partial charge >= 0.3 is 0 Å². The van der Waals surface area contributed by atoms with Crippen LogP contribution in [0.3, 0.4) is 0 Å². The van der Waals surface area contributed by atoms with E-state index in [1.807, 2.05) is 0 Å². The van der Waals surface area contributed by atoms with Crippen LogP contribution in [0.5, 0.6) is 0 Å². The number of aromatic nitrogens is 1. The van der Waals surface area contributed by atoms with Crippen molar-refractivity contribution in [2.75, 3.05) is 4.90 Å². The lowest BCUT2D eigenvalue weighted by Crippen LogP contribution is -2.11. The fraction of sp³-hybridized carbons (Fsp3) is 0. The summed E-state index contributed by atoms with van der Waals surface area (Å²) < 4.78 is 2.44. The molecule has 0 spiro atoms. The van der Waals surface area contributed by atoms with Crippen LogP contribution in [-0.4, -0.2) is 4.57 Å². The monoisotopic (exact) mass is 688 g/mol. The molecule has 1 heterocycles. The van der Waals surface area contributed by atoms with E-state index in [-0.39, 0.29) is 0 Å². The number of benzene rings is 9. The normalized spacial score (nSPS) is 11.3. The van der Waals surface area contributed by atoms with Crippen molar-refractivity contribution in [2.24, 2.45) is 0 Å². The fourth-order valence-corrected chi connectivity index (χ4v) is 8.10. The second-order valence-corrected chi connectivity index (χ2v) is 13.8. The van der Waals surface area contributed by atoms with Gasteiger partial charge in [-0.1, -0.05) is 158 Å². The molecule has 54 heavy (non-hydrogen) atoms. The molecule has 9 aromatic carbocycles. The average Bonchev–Trinajstić information content (AvgIpc) is 3.60. The highest BCUT2D eigenvalue weighted by Gasteiger charge is 2.20. The van der Waals surface area contributed by atoms with Gasteiger partial charge in [0, 0.05) is 33.5 Å². The molecule has 0 unspecified atom stereocenters. The molecule has 0 N–H and O–H groups in total. The molecule has 0 aliphatic carbocycles. The maximum Gasteiger partial charge on any atom is 0.0547 e. The van der Waals surface area contributed by atoms with Gasteiger partial charge in [-0.15, -0.1) is 0 Å². The highest BCUT2D eigenvalue weighted by atomic mass is 15.1. The highest BCUT2D eigenvalue weighted by Crippen LogP contribution is 2.43. The summed E-state index contributed by atoms with van der Waals surface area (Å²) in [6.45, 7) is 0. The molecule has 254 valence electrons. The molecular formula is C52H36N2. The van der Waals surface area contributed by atoms with E-state index in [9.17, 15) is 0 Å². The zero-order valence-corrected chi connectivity index (χ0v) is 29.7. The molecule has 0 bridgehead atoms. The highest BCUT2D eigenvalue weighted by molar-refractivity contribution is 6.24. The molecule has 0 amide bonds. The van der Waals surface area contributed by atoms with E-state index in [1.54, 1.807) is 0 Å². The Hall–Kier alpha value is -7.16. The zero-order chi connectivity index (χ0) is 35.8. The second-order valence-electron chi connectivity index (χ2n) is 13.8. The SMILES string of the molecule is c1ccc(-c2cc(-c3ccccc3)cc(N(c3ccccc3)c3cccc(-n4c5ccccc5c5c6c(-c7ccccc7)cccc6ccc54)c3)c2)cc1. The number of para-hydroxylation sites is 2. The van der Waals surface area contributed by atoms with Crippen LogP contribution < -0.4 is 4.90 Å². The van der Waals surface area contributed by atoms with Crippen LogP contribution in [0.2, 0.25) is 0 Å². The third kappa shape index (κ3) is 5.53. The number of hydrogen-bond acceptors (Lipinski definition) is 1. The minimum absolute atomic E-state index is 1.08. The quantitative estimate of drug-likeness (QED) is 0.162. The molecular weight excluding hydrogens is 653 g/mol. The van der Waals surface area contributed by atoms with Crippen molar-refractivity contribution in [3.05, 3.63) is 218 Å². The first-order chi connectivity index (χ1) is 26.8. The number of hydrogen-bond donors (Lipinski definition) is 0. The average molecular weight is 689 g/mol. The maximum atomic E-state index is 2.44. The molecule has 0 aliphatic rings. The van der Waals surface area contributed by atoms with Gasteiger partial charge in [-0.05, 0) is 105 Å². The van der Waals surface area contributed by atoms with Crippen molar-refractivity contribution >= 4 is 49.6 Å². The van der Waals surface area contributed by atoms with Crippen molar-refractivity contribution in [1.82, 2.24) is 4.57 Å². The number of rotatable bonds is 7. The van der Waals surface area contributed by atoms with E-state index < -0.39 is 0 Å². The van der Waals surface area contributed by atoms with E-state index in [4.69, 9.17) is 0 Å². The minimum Gasteiger partial charge on any atom is -0.310 e. The van der Waals surface area contributed by atoms with Crippen LogP contribution in [0.1, 0.15) is 0 Å². The van der Waals surface area contributed by atoms with Gasteiger partial charge in [-0.2, -0.15) is 0 Å². The molecule has 2 nitrogen and oxygen atoms in total. The summed E-state index contributed by atoms with van der Waals surface area (Å²) in [6.07, 6.45) is 0. The second kappa shape index (κ2) is 13.4.